The molecule has 1 N–H and O–H groups in total. The molecular weight excluding hydrogens is 416 g/mol. The standard InChI is InChI=1S/C27H28N2O4/c1-27(26(31)28-17-19-8-6-11-22(14-19)32-2)16-21-10-4-5-13-24(21)25(30)29(27)18-20-9-7-12-23(15-20)33-3/h4-15H,16-18H2,1-3H3,(H,28,31)/t27-/m0/s1. The maximum atomic E-state index is 13.6. The second-order valence-electron chi connectivity index (χ2n) is 8.38. The van der Waals surface area contributed by atoms with Crippen LogP contribution in [-0.2, 0) is 24.3 Å². The number of hydrogen-bond donors (Lipinski definition) is 1. The average molecular weight is 445 g/mol. The van der Waals surface area contributed by atoms with Crippen LogP contribution >= 0.6 is 0 Å². The van der Waals surface area contributed by atoms with E-state index in [0.717, 1.165) is 22.4 Å². The summed E-state index contributed by atoms with van der Waals surface area (Å²) in [7, 11) is 3.22. The lowest BCUT2D eigenvalue weighted by molar-refractivity contribution is -0.132. The number of carbonyl (C=O) groups is 2. The number of hydrogen-bond acceptors (Lipinski definition) is 4. The van der Waals surface area contributed by atoms with E-state index in [1.807, 2.05) is 79.7 Å². The zero-order chi connectivity index (χ0) is 23.4. The number of rotatable bonds is 7. The smallest absolute Gasteiger partial charge is 0.255 e. The summed E-state index contributed by atoms with van der Waals surface area (Å²) in [5.41, 5.74) is 2.29. The van der Waals surface area contributed by atoms with Gasteiger partial charge in [-0.1, -0.05) is 42.5 Å². The highest BCUT2D eigenvalue weighted by Gasteiger charge is 2.46. The molecule has 0 fully saturated rings. The van der Waals surface area contributed by atoms with Gasteiger partial charge in [0.15, 0.2) is 0 Å². The zero-order valence-electron chi connectivity index (χ0n) is 19.1. The summed E-state index contributed by atoms with van der Waals surface area (Å²) < 4.78 is 10.6. The van der Waals surface area contributed by atoms with Gasteiger partial charge in [0.1, 0.15) is 17.0 Å². The topological polar surface area (TPSA) is 67.9 Å². The van der Waals surface area contributed by atoms with Crippen molar-refractivity contribution < 1.29 is 19.1 Å². The van der Waals surface area contributed by atoms with Crippen molar-refractivity contribution in [2.24, 2.45) is 0 Å². The van der Waals surface area contributed by atoms with Gasteiger partial charge >= 0.3 is 0 Å². The number of fused-ring (bicyclic) bond motifs is 1. The molecule has 1 aliphatic rings. The number of ether oxygens (including phenoxy) is 2. The van der Waals surface area contributed by atoms with Crippen molar-refractivity contribution in [2.45, 2.75) is 32.0 Å². The Hall–Kier alpha value is -3.80. The van der Waals surface area contributed by atoms with Crippen LogP contribution in [-0.4, -0.2) is 36.5 Å². The molecule has 3 aromatic rings. The number of nitrogens with zero attached hydrogens (tertiary/aromatic N) is 1. The van der Waals surface area contributed by atoms with Gasteiger partial charge in [-0.25, -0.2) is 0 Å². The average Bonchev–Trinajstić information content (AvgIpc) is 2.85. The van der Waals surface area contributed by atoms with Gasteiger partial charge in [-0.15, -0.1) is 0 Å². The van der Waals surface area contributed by atoms with Gasteiger partial charge in [0.05, 0.1) is 14.2 Å². The van der Waals surface area contributed by atoms with Crippen molar-refractivity contribution >= 4 is 11.8 Å². The zero-order valence-corrected chi connectivity index (χ0v) is 19.1. The van der Waals surface area contributed by atoms with Gasteiger partial charge < -0.3 is 19.7 Å². The molecule has 4 rings (SSSR count). The molecule has 0 bridgehead atoms. The van der Waals surface area contributed by atoms with E-state index in [1.165, 1.54) is 0 Å². The lowest BCUT2D eigenvalue weighted by atomic mass is 9.82. The Bertz CT molecular complexity index is 1180. The minimum absolute atomic E-state index is 0.154. The van der Waals surface area contributed by atoms with Crippen LogP contribution in [0.2, 0.25) is 0 Å². The molecule has 0 aromatic heterocycles. The van der Waals surface area contributed by atoms with E-state index < -0.39 is 5.54 Å². The summed E-state index contributed by atoms with van der Waals surface area (Å²) in [5.74, 6) is 1.09. The quantitative estimate of drug-likeness (QED) is 0.599. The predicted molar refractivity (Wildman–Crippen MR) is 126 cm³/mol. The van der Waals surface area contributed by atoms with Gasteiger partial charge in [0, 0.05) is 25.1 Å². The fourth-order valence-electron chi connectivity index (χ4n) is 4.28. The second kappa shape index (κ2) is 9.36. The summed E-state index contributed by atoms with van der Waals surface area (Å²) in [5, 5.41) is 3.04. The predicted octanol–water partition coefficient (Wildman–Crippen LogP) is 3.98. The van der Waals surface area contributed by atoms with Crippen molar-refractivity contribution in [2.75, 3.05) is 14.2 Å². The molecule has 1 aliphatic heterocycles. The molecule has 3 aromatic carbocycles. The first-order valence-electron chi connectivity index (χ1n) is 10.9. The van der Waals surface area contributed by atoms with Crippen LogP contribution in [0.4, 0.5) is 0 Å². The summed E-state index contributed by atoms with van der Waals surface area (Å²) in [6.07, 6.45) is 0.433. The van der Waals surface area contributed by atoms with Crippen LogP contribution in [0.3, 0.4) is 0 Å². The third kappa shape index (κ3) is 4.55. The molecule has 33 heavy (non-hydrogen) atoms. The van der Waals surface area contributed by atoms with E-state index in [1.54, 1.807) is 19.1 Å². The van der Waals surface area contributed by atoms with Crippen molar-refractivity contribution in [1.82, 2.24) is 10.2 Å². The van der Waals surface area contributed by atoms with E-state index in [0.29, 0.717) is 30.8 Å². The minimum atomic E-state index is -1.05. The summed E-state index contributed by atoms with van der Waals surface area (Å²) in [6, 6.07) is 22.6. The van der Waals surface area contributed by atoms with E-state index in [4.69, 9.17) is 9.47 Å². The first kappa shape index (κ1) is 22.4. The molecule has 0 unspecified atom stereocenters. The molecule has 6 nitrogen and oxygen atoms in total. The molecular formula is C27H28N2O4. The molecule has 0 radical (unpaired) electrons. The molecule has 0 saturated carbocycles. The summed E-state index contributed by atoms with van der Waals surface area (Å²) in [6.45, 7) is 2.48. The first-order chi connectivity index (χ1) is 15.9. The van der Waals surface area contributed by atoms with Gasteiger partial charge in [-0.05, 0) is 53.9 Å². The van der Waals surface area contributed by atoms with Crippen LogP contribution < -0.4 is 14.8 Å². The molecule has 1 heterocycles. The third-order valence-corrected chi connectivity index (χ3v) is 6.17. The Labute approximate surface area is 194 Å². The van der Waals surface area contributed by atoms with E-state index in [9.17, 15) is 9.59 Å². The molecule has 170 valence electrons. The van der Waals surface area contributed by atoms with E-state index in [2.05, 4.69) is 5.32 Å². The highest BCUT2D eigenvalue weighted by atomic mass is 16.5. The maximum absolute atomic E-state index is 13.6. The van der Waals surface area contributed by atoms with Crippen molar-refractivity contribution in [3.05, 3.63) is 95.1 Å². The van der Waals surface area contributed by atoms with Gasteiger partial charge in [-0.2, -0.15) is 0 Å². The van der Waals surface area contributed by atoms with Gasteiger partial charge in [-0.3, -0.25) is 9.59 Å². The largest absolute Gasteiger partial charge is 0.497 e. The summed E-state index contributed by atoms with van der Waals surface area (Å²) in [4.78, 5) is 28.8. The number of methoxy groups -OCH3 is 2. The Morgan fingerprint density at radius 2 is 1.58 bits per heavy atom. The molecule has 0 spiro atoms. The van der Waals surface area contributed by atoms with E-state index >= 15 is 0 Å². The third-order valence-electron chi connectivity index (χ3n) is 6.17. The number of amides is 2. The number of nitrogens with one attached hydrogen (secondary N) is 1. The van der Waals surface area contributed by atoms with Crippen molar-refractivity contribution in [3.63, 3.8) is 0 Å². The Morgan fingerprint density at radius 1 is 0.939 bits per heavy atom. The highest BCUT2D eigenvalue weighted by Crippen LogP contribution is 2.33. The fraction of sp³-hybridized carbons (Fsp3) is 0.259. The molecule has 0 saturated heterocycles. The maximum Gasteiger partial charge on any atom is 0.255 e. The minimum Gasteiger partial charge on any atom is -0.497 e. The normalized spacial score (nSPS) is 17.3. The van der Waals surface area contributed by atoms with Crippen molar-refractivity contribution in [1.29, 1.82) is 0 Å². The highest BCUT2D eigenvalue weighted by molar-refractivity contribution is 6.02. The number of carbonyl (C=O) groups excluding carboxylic acids is 2. The fourth-order valence-corrected chi connectivity index (χ4v) is 4.28. The van der Waals surface area contributed by atoms with E-state index in [-0.39, 0.29) is 11.8 Å². The van der Waals surface area contributed by atoms with Crippen LogP contribution in [0.25, 0.3) is 0 Å². The van der Waals surface area contributed by atoms with Crippen LogP contribution in [0.5, 0.6) is 11.5 Å². The first-order valence-corrected chi connectivity index (χ1v) is 10.9. The van der Waals surface area contributed by atoms with Crippen molar-refractivity contribution in [3.8, 4) is 11.5 Å². The second-order valence-corrected chi connectivity index (χ2v) is 8.38. The molecule has 0 aliphatic carbocycles. The lowest BCUT2D eigenvalue weighted by Crippen LogP contribution is -2.62. The van der Waals surface area contributed by atoms with Crippen LogP contribution in [0.1, 0.15) is 34.0 Å². The van der Waals surface area contributed by atoms with Crippen LogP contribution in [0, 0.1) is 0 Å². The number of benzene rings is 3. The molecule has 6 heteroatoms. The lowest BCUT2D eigenvalue weighted by Gasteiger charge is -2.44. The Balaban J connectivity index is 1.63. The van der Waals surface area contributed by atoms with Gasteiger partial charge in [0.25, 0.3) is 5.91 Å². The molecule has 1 atom stereocenters. The summed E-state index contributed by atoms with van der Waals surface area (Å²) >= 11 is 0. The van der Waals surface area contributed by atoms with Gasteiger partial charge in [0.2, 0.25) is 5.91 Å². The van der Waals surface area contributed by atoms with Crippen LogP contribution in [0.15, 0.2) is 72.8 Å². The Kier molecular flexibility index (Phi) is 6.36. The SMILES string of the molecule is COc1cccc(CNC(=O)[C@]2(C)Cc3ccccc3C(=O)N2Cc2cccc(OC)c2)c1. The molecule has 2 amide bonds. The Morgan fingerprint density at radius 3 is 2.27 bits per heavy atom. The monoisotopic (exact) mass is 444 g/mol.